The van der Waals surface area contributed by atoms with Crippen molar-refractivity contribution in [2.45, 2.75) is 62.7 Å². The van der Waals surface area contributed by atoms with E-state index in [4.69, 9.17) is 0 Å². The molecule has 2 rings (SSSR count). The van der Waals surface area contributed by atoms with E-state index in [1.807, 2.05) is 18.2 Å². The molecule has 0 fully saturated rings. The molecule has 0 aromatic heterocycles. The summed E-state index contributed by atoms with van der Waals surface area (Å²) >= 11 is 1.81. The summed E-state index contributed by atoms with van der Waals surface area (Å²) < 4.78 is 37.5. The monoisotopic (exact) mass is 404 g/mol. The summed E-state index contributed by atoms with van der Waals surface area (Å²) in [4.78, 5) is 1.20. The summed E-state index contributed by atoms with van der Waals surface area (Å²) in [6.07, 6.45) is -0.695. The highest BCUT2D eigenvalue weighted by molar-refractivity contribution is 8.00. The van der Waals surface area contributed by atoms with E-state index in [2.05, 4.69) is 58.0 Å². The van der Waals surface area contributed by atoms with Crippen molar-refractivity contribution < 1.29 is 13.2 Å². The van der Waals surface area contributed by atoms with Crippen molar-refractivity contribution >= 4 is 29.4 Å². The second-order valence-electron chi connectivity index (χ2n) is 7.92. The van der Waals surface area contributed by atoms with Crippen LogP contribution in [0.5, 0.6) is 0 Å². The van der Waals surface area contributed by atoms with Crippen molar-refractivity contribution in [3.8, 4) is 0 Å². The fourth-order valence-electron chi connectivity index (χ4n) is 3.20. The molecule has 2 aromatic rings. The fourth-order valence-corrected chi connectivity index (χ4v) is 4.34. The Hall–Kier alpha value is -1.62. The molecule has 0 atom stereocenters. The second-order valence-corrected chi connectivity index (χ2v) is 9.79. The van der Waals surface area contributed by atoms with Gasteiger partial charge in [-0.1, -0.05) is 93.5 Å². The van der Waals surface area contributed by atoms with Crippen molar-refractivity contribution in [1.29, 1.82) is 0 Å². The van der Waals surface area contributed by atoms with Gasteiger partial charge in [0.2, 0.25) is 6.71 Å². The van der Waals surface area contributed by atoms with Crippen LogP contribution in [0.15, 0.2) is 65.6 Å². The van der Waals surface area contributed by atoms with Crippen molar-refractivity contribution in [3.63, 3.8) is 0 Å². The quantitative estimate of drug-likeness (QED) is 0.298. The van der Waals surface area contributed by atoms with Crippen LogP contribution in [0.4, 0.5) is 13.2 Å². The molecule has 0 spiro atoms. The molecular weight excluding hydrogens is 376 g/mol. The number of allylic oxidation sites excluding steroid dienone is 2. The fraction of sp³-hybridized carbons (Fsp3) is 0.391. The molecule has 0 saturated carbocycles. The van der Waals surface area contributed by atoms with Crippen LogP contribution in [0.1, 0.15) is 39.7 Å². The van der Waals surface area contributed by atoms with Gasteiger partial charge in [-0.2, -0.15) is 13.2 Å². The first kappa shape index (κ1) is 22.7. The van der Waals surface area contributed by atoms with Crippen LogP contribution in [0.25, 0.3) is 0 Å². The van der Waals surface area contributed by atoms with Crippen LogP contribution in [-0.4, -0.2) is 17.6 Å². The molecule has 150 valence electrons. The Labute approximate surface area is 171 Å². The number of halogens is 3. The zero-order chi connectivity index (χ0) is 20.8. The first-order valence-corrected chi connectivity index (χ1v) is 10.5. The normalized spacial score (nSPS) is 12.5. The van der Waals surface area contributed by atoms with E-state index in [-0.39, 0.29) is 11.5 Å². The molecule has 0 radical (unpaired) electrons. The smallest absolute Gasteiger partial charge is 0.167 e. The van der Waals surface area contributed by atoms with E-state index < -0.39 is 6.18 Å². The van der Waals surface area contributed by atoms with Gasteiger partial charge in [0.05, 0.1) is 0 Å². The first-order valence-electron chi connectivity index (χ1n) is 9.70. The van der Waals surface area contributed by atoms with Gasteiger partial charge in [0.1, 0.15) is 0 Å². The van der Waals surface area contributed by atoms with Crippen LogP contribution in [0.3, 0.4) is 0 Å². The lowest BCUT2D eigenvalue weighted by atomic mass is 9.38. The van der Waals surface area contributed by atoms with Crippen LogP contribution in [0, 0.1) is 0 Å². The molecule has 0 amide bonds. The summed E-state index contributed by atoms with van der Waals surface area (Å²) in [5, 5.41) is 0. The van der Waals surface area contributed by atoms with E-state index in [1.54, 1.807) is 11.8 Å². The van der Waals surface area contributed by atoms with Gasteiger partial charge in [-0.15, -0.1) is 11.8 Å². The van der Waals surface area contributed by atoms with Gasteiger partial charge in [0.25, 0.3) is 0 Å². The van der Waals surface area contributed by atoms with Gasteiger partial charge in [-0.25, -0.2) is 0 Å². The average molecular weight is 404 g/mol. The number of aryl methyl sites for hydroxylation is 1. The summed E-state index contributed by atoms with van der Waals surface area (Å²) in [6.45, 7) is 8.70. The lowest BCUT2D eigenvalue weighted by Gasteiger charge is -2.23. The lowest BCUT2D eigenvalue weighted by molar-refractivity contribution is -0.0800. The minimum absolute atomic E-state index is 0.0576. The van der Waals surface area contributed by atoms with Crippen molar-refractivity contribution in [2.75, 3.05) is 0 Å². The highest BCUT2D eigenvalue weighted by Crippen LogP contribution is 2.31. The second kappa shape index (κ2) is 9.73. The van der Waals surface area contributed by atoms with Crippen molar-refractivity contribution in [1.82, 2.24) is 0 Å². The number of thioether (sulfide) groups is 1. The van der Waals surface area contributed by atoms with Crippen LogP contribution in [0.2, 0.25) is 6.32 Å². The van der Waals surface area contributed by atoms with Gasteiger partial charge in [-0.05, 0) is 24.5 Å². The Balaban J connectivity index is 2.39. The third-order valence-corrected chi connectivity index (χ3v) is 5.61. The topological polar surface area (TPSA) is 0 Å². The van der Waals surface area contributed by atoms with Gasteiger partial charge in [0, 0.05) is 15.7 Å². The van der Waals surface area contributed by atoms with E-state index in [9.17, 15) is 13.2 Å². The molecule has 0 saturated heterocycles. The maximum absolute atomic E-state index is 12.5. The third kappa shape index (κ3) is 7.42. The Kier molecular flexibility index (Phi) is 7.88. The minimum Gasteiger partial charge on any atom is -0.167 e. The average Bonchev–Trinajstić information content (AvgIpc) is 2.60. The molecule has 2 aromatic carbocycles. The number of alkyl halides is 3. The van der Waals surface area contributed by atoms with Crippen molar-refractivity contribution in [3.05, 3.63) is 66.2 Å². The van der Waals surface area contributed by atoms with E-state index in [0.717, 1.165) is 6.42 Å². The molecule has 0 aliphatic heterocycles. The van der Waals surface area contributed by atoms with Gasteiger partial charge in [0.15, 0.2) is 0 Å². The number of benzene rings is 2. The molecule has 0 aliphatic carbocycles. The SMILES string of the molecule is CCc1cccc(B(CCC=CC(F)(F)F)c2ccccc2SC(C)(C)C)c1. The predicted octanol–water partition coefficient (Wildman–Crippen LogP) is 6.26. The maximum atomic E-state index is 12.5. The molecule has 0 heterocycles. The summed E-state index contributed by atoms with van der Waals surface area (Å²) in [5.74, 6) is 0. The van der Waals surface area contributed by atoms with Gasteiger partial charge >= 0.3 is 6.18 Å². The van der Waals surface area contributed by atoms with E-state index >= 15 is 0 Å². The zero-order valence-corrected chi connectivity index (χ0v) is 17.8. The Morgan fingerprint density at radius 2 is 1.71 bits per heavy atom. The number of rotatable bonds is 7. The third-order valence-electron chi connectivity index (χ3n) is 4.40. The molecule has 0 N–H and O–H groups in total. The number of hydrogen-bond donors (Lipinski definition) is 0. The molecule has 28 heavy (non-hydrogen) atoms. The maximum Gasteiger partial charge on any atom is 0.409 e. The summed E-state index contributed by atoms with van der Waals surface area (Å²) in [6, 6.07) is 16.7. The summed E-state index contributed by atoms with van der Waals surface area (Å²) in [7, 11) is 0. The Bertz CT molecular complexity index is 791. The van der Waals surface area contributed by atoms with Crippen LogP contribution in [-0.2, 0) is 6.42 Å². The largest absolute Gasteiger partial charge is 0.409 e. The zero-order valence-electron chi connectivity index (χ0n) is 17.0. The highest BCUT2D eigenvalue weighted by atomic mass is 32.2. The minimum atomic E-state index is -4.25. The molecular formula is C23H28BF3S. The molecule has 0 nitrogen and oxygen atoms in total. The predicted molar refractivity (Wildman–Crippen MR) is 118 cm³/mol. The lowest BCUT2D eigenvalue weighted by Crippen LogP contribution is -2.43. The van der Waals surface area contributed by atoms with Gasteiger partial charge in [-0.3, -0.25) is 0 Å². The number of hydrogen-bond acceptors (Lipinski definition) is 1. The van der Waals surface area contributed by atoms with E-state index in [0.29, 0.717) is 18.8 Å². The van der Waals surface area contributed by atoms with Crippen LogP contribution >= 0.6 is 11.8 Å². The summed E-state index contributed by atoms with van der Waals surface area (Å²) in [5.41, 5.74) is 3.60. The molecule has 0 bridgehead atoms. The Morgan fingerprint density at radius 3 is 2.36 bits per heavy atom. The standard InChI is InChI=1S/C23H28BF3S/c1-5-18-11-10-12-19(17-18)24(16-9-8-15-23(25,26)27)20-13-6-7-14-21(20)28-22(2,3)4/h6-8,10-15,17H,5,9,16H2,1-4H3. The first-order chi connectivity index (χ1) is 13.1. The van der Waals surface area contributed by atoms with Gasteiger partial charge < -0.3 is 0 Å². The van der Waals surface area contributed by atoms with E-state index in [1.165, 1.54) is 27.5 Å². The highest BCUT2D eigenvalue weighted by Gasteiger charge is 2.25. The molecule has 5 heteroatoms. The van der Waals surface area contributed by atoms with Crippen molar-refractivity contribution in [2.24, 2.45) is 0 Å². The van der Waals surface area contributed by atoms with Crippen LogP contribution < -0.4 is 10.9 Å². The molecule has 0 aliphatic rings. The molecule has 0 unspecified atom stereocenters. The Morgan fingerprint density at radius 1 is 1.00 bits per heavy atom.